The first-order valence-electron chi connectivity index (χ1n) is 4.67. The number of carbonyl (C=O) groups is 1. The summed E-state index contributed by atoms with van der Waals surface area (Å²) in [4.78, 5) is 11.0. The lowest BCUT2D eigenvalue weighted by Crippen LogP contribution is -1.96. The molecule has 0 atom stereocenters. The van der Waals surface area contributed by atoms with Crippen LogP contribution in [0.4, 0.5) is 0 Å². The molecule has 0 aliphatic rings. The number of halogens is 1. The van der Waals surface area contributed by atoms with E-state index in [0.717, 1.165) is 5.56 Å². The van der Waals surface area contributed by atoms with Gasteiger partial charge in [0.05, 0.1) is 4.34 Å². The van der Waals surface area contributed by atoms with Crippen LogP contribution < -0.4 is 0 Å². The third kappa shape index (κ3) is 1.96. The molecular weight excluding hydrogens is 248 g/mol. The van der Waals surface area contributed by atoms with Crippen molar-refractivity contribution < 1.29 is 9.90 Å². The molecule has 0 saturated carbocycles. The first kappa shape index (κ1) is 11.2. The predicted octanol–water partition coefficient (Wildman–Crippen LogP) is 2.98. The van der Waals surface area contributed by atoms with Gasteiger partial charge >= 0.3 is 5.97 Å². The molecule has 0 unspecified atom stereocenters. The summed E-state index contributed by atoms with van der Waals surface area (Å²) in [5, 5.41) is 15.1. The zero-order chi connectivity index (χ0) is 11.7. The van der Waals surface area contributed by atoms with Crippen molar-refractivity contribution in [1.29, 1.82) is 0 Å². The van der Waals surface area contributed by atoms with Crippen LogP contribution in [0.15, 0.2) is 17.6 Å². The number of rotatable bonds is 3. The molecule has 0 radical (unpaired) electrons. The summed E-state index contributed by atoms with van der Waals surface area (Å²) in [7, 11) is 0. The average molecular weight is 257 g/mol. The van der Waals surface area contributed by atoms with Gasteiger partial charge in [-0.05, 0) is 13.0 Å². The maximum atomic E-state index is 11.0. The minimum atomic E-state index is -0.975. The molecule has 2 rings (SSSR count). The smallest absolute Gasteiger partial charge is 0.339 e. The first-order valence-corrected chi connectivity index (χ1v) is 5.92. The van der Waals surface area contributed by atoms with E-state index in [1.165, 1.54) is 17.5 Å². The molecule has 0 aliphatic carbocycles. The predicted molar refractivity (Wildman–Crippen MR) is 63.2 cm³/mol. The lowest BCUT2D eigenvalue weighted by molar-refractivity contribution is 0.0697. The van der Waals surface area contributed by atoms with Gasteiger partial charge < -0.3 is 5.11 Å². The van der Waals surface area contributed by atoms with Crippen LogP contribution in [0.2, 0.25) is 4.34 Å². The minimum Gasteiger partial charge on any atom is -0.478 e. The van der Waals surface area contributed by atoms with E-state index in [-0.39, 0.29) is 5.56 Å². The molecule has 0 aliphatic heterocycles. The number of aromatic nitrogens is 2. The molecule has 0 fully saturated rings. The summed E-state index contributed by atoms with van der Waals surface area (Å²) in [6.45, 7) is 2.54. The Morgan fingerprint density at radius 3 is 2.94 bits per heavy atom. The molecule has 0 saturated heterocycles. The van der Waals surface area contributed by atoms with Gasteiger partial charge in [-0.3, -0.25) is 4.68 Å². The van der Waals surface area contributed by atoms with Gasteiger partial charge in [-0.15, -0.1) is 11.3 Å². The summed E-state index contributed by atoms with van der Waals surface area (Å²) >= 11 is 7.18. The third-order valence-corrected chi connectivity index (χ3v) is 3.25. The first-order chi connectivity index (χ1) is 7.61. The Balaban J connectivity index is 2.54. The van der Waals surface area contributed by atoms with Gasteiger partial charge in [-0.25, -0.2) is 4.79 Å². The molecule has 0 aromatic carbocycles. The summed E-state index contributed by atoms with van der Waals surface area (Å²) in [6, 6.07) is 1.72. The second-order valence-electron chi connectivity index (χ2n) is 3.19. The number of aryl methyl sites for hydroxylation is 1. The van der Waals surface area contributed by atoms with E-state index in [9.17, 15) is 4.79 Å². The number of hydrogen-bond acceptors (Lipinski definition) is 3. The van der Waals surface area contributed by atoms with E-state index in [1.54, 1.807) is 16.1 Å². The number of thiophene rings is 1. The number of carboxylic acid groups (broad SMARTS) is 1. The fraction of sp³-hybridized carbons (Fsp3) is 0.200. The van der Waals surface area contributed by atoms with E-state index < -0.39 is 5.97 Å². The Morgan fingerprint density at radius 1 is 1.69 bits per heavy atom. The third-order valence-electron chi connectivity index (χ3n) is 2.16. The van der Waals surface area contributed by atoms with Gasteiger partial charge in [0.1, 0.15) is 11.3 Å². The lowest BCUT2D eigenvalue weighted by atomic mass is 10.1. The van der Waals surface area contributed by atoms with Crippen molar-refractivity contribution in [2.24, 2.45) is 0 Å². The SMILES string of the molecule is CCn1cc(C(=O)O)c(-c2csc(Cl)c2)n1. The number of nitrogens with zero attached hydrogens (tertiary/aromatic N) is 2. The van der Waals surface area contributed by atoms with Crippen LogP contribution in [-0.4, -0.2) is 20.9 Å². The molecule has 2 aromatic heterocycles. The maximum absolute atomic E-state index is 11.0. The number of carboxylic acids is 1. The van der Waals surface area contributed by atoms with Crippen LogP contribution in [-0.2, 0) is 6.54 Å². The monoisotopic (exact) mass is 256 g/mol. The van der Waals surface area contributed by atoms with Gasteiger partial charge in [0, 0.05) is 23.7 Å². The number of hydrogen-bond donors (Lipinski definition) is 1. The van der Waals surface area contributed by atoms with E-state index in [0.29, 0.717) is 16.6 Å². The van der Waals surface area contributed by atoms with Crippen molar-refractivity contribution in [2.45, 2.75) is 13.5 Å². The molecule has 0 bridgehead atoms. The quantitative estimate of drug-likeness (QED) is 0.919. The van der Waals surface area contributed by atoms with Gasteiger partial charge in [-0.2, -0.15) is 5.10 Å². The normalized spacial score (nSPS) is 10.6. The average Bonchev–Trinajstić information content (AvgIpc) is 2.82. The molecule has 16 heavy (non-hydrogen) atoms. The molecule has 6 heteroatoms. The summed E-state index contributed by atoms with van der Waals surface area (Å²) in [6.07, 6.45) is 1.53. The molecule has 2 aromatic rings. The van der Waals surface area contributed by atoms with E-state index in [1.807, 2.05) is 6.92 Å². The Hall–Kier alpha value is -1.33. The molecule has 0 spiro atoms. The highest BCUT2D eigenvalue weighted by Crippen LogP contribution is 2.29. The minimum absolute atomic E-state index is 0.205. The lowest BCUT2D eigenvalue weighted by Gasteiger charge is -1.93. The van der Waals surface area contributed by atoms with E-state index in [2.05, 4.69) is 5.10 Å². The molecule has 4 nitrogen and oxygen atoms in total. The fourth-order valence-corrected chi connectivity index (χ4v) is 2.25. The molecule has 1 N–H and O–H groups in total. The van der Waals surface area contributed by atoms with Crippen LogP contribution in [0, 0.1) is 0 Å². The fourth-order valence-electron chi connectivity index (χ4n) is 1.39. The Labute approximate surface area is 101 Å². The largest absolute Gasteiger partial charge is 0.478 e. The van der Waals surface area contributed by atoms with Crippen LogP contribution in [0.5, 0.6) is 0 Å². The van der Waals surface area contributed by atoms with Crippen molar-refractivity contribution in [2.75, 3.05) is 0 Å². The second kappa shape index (κ2) is 4.27. The van der Waals surface area contributed by atoms with Gasteiger partial charge in [-0.1, -0.05) is 11.6 Å². The highest BCUT2D eigenvalue weighted by atomic mass is 35.5. The summed E-state index contributed by atoms with van der Waals surface area (Å²) in [5.41, 5.74) is 1.42. The maximum Gasteiger partial charge on any atom is 0.339 e. The summed E-state index contributed by atoms with van der Waals surface area (Å²) in [5.74, 6) is -0.975. The summed E-state index contributed by atoms with van der Waals surface area (Å²) < 4.78 is 2.22. The second-order valence-corrected chi connectivity index (χ2v) is 4.73. The zero-order valence-electron chi connectivity index (χ0n) is 8.48. The van der Waals surface area contributed by atoms with Crippen LogP contribution >= 0.6 is 22.9 Å². The molecular formula is C10H9ClN2O2S. The van der Waals surface area contributed by atoms with Gasteiger partial charge in [0.15, 0.2) is 0 Å². The van der Waals surface area contributed by atoms with Crippen molar-refractivity contribution in [3.63, 3.8) is 0 Å². The Morgan fingerprint density at radius 2 is 2.44 bits per heavy atom. The van der Waals surface area contributed by atoms with E-state index in [4.69, 9.17) is 16.7 Å². The van der Waals surface area contributed by atoms with Crippen molar-refractivity contribution >= 4 is 28.9 Å². The molecule has 2 heterocycles. The zero-order valence-corrected chi connectivity index (χ0v) is 10.0. The van der Waals surface area contributed by atoms with Gasteiger partial charge in [0.2, 0.25) is 0 Å². The Kier molecular flexibility index (Phi) is 2.98. The molecule has 0 amide bonds. The van der Waals surface area contributed by atoms with Gasteiger partial charge in [0.25, 0.3) is 0 Å². The molecule has 84 valence electrons. The van der Waals surface area contributed by atoms with Crippen molar-refractivity contribution in [1.82, 2.24) is 9.78 Å². The van der Waals surface area contributed by atoms with Crippen molar-refractivity contribution in [3.05, 3.63) is 27.5 Å². The van der Waals surface area contributed by atoms with E-state index >= 15 is 0 Å². The van der Waals surface area contributed by atoms with Crippen LogP contribution in [0.1, 0.15) is 17.3 Å². The highest BCUT2D eigenvalue weighted by Gasteiger charge is 2.17. The highest BCUT2D eigenvalue weighted by molar-refractivity contribution is 7.14. The van der Waals surface area contributed by atoms with Crippen LogP contribution in [0.25, 0.3) is 11.3 Å². The standard InChI is InChI=1S/C10H9ClN2O2S/c1-2-13-4-7(10(14)15)9(12-13)6-3-8(11)16-5-6/h3-5H,2H2,1H3,(H,14,15). The van der Waals surface area contributed by atoms with Crippen molar-refractivity contribution in [3.8, 4) is 11.3 Å². The number of aromatic carboxylic acids is 1. The van der Waals surface area contributed by atoms with Crippen LogP contribution in [0.3, 0.4) is 0 Å². The Bertz CT molecular complexity index is 533. The topological polar surface area (TPSA) is 55.1 Å².